The van der Waals surface area contributed by atoms with E-state index in [-0.39, 0.29) is 26.1 Å². The Labute approximate surface area is 538 Å². The maximum atomic E-state index is 12.9. The molecule has 2 unspecified atom stereocenters. The number of quaternary nitrogens is 1. The number of phosphoric acid groups is 1. The highest BCUT2D eigenvalue weighted by Gasteiger charge is 2.27. The van der Waals surface area contributed by atoms with Gasteiger partial charge in [-0.2, -0.15) is 0 Å². The molecule has 0 saturated carbocycles. The molecule has 10 heteroatoms. The largest absolute Gasteiger partial charge is 0.472 e. The Morgan fingerprint density at radius 2 is 0.614 bits per heavy atom. The molecule has 0 bridgehead atoms. The van der Waals surface area contributed by atoms with E-state index in [2.05, 4.69) is 220 Å². The summed E-state index contributed by atoms with van der Waals surface area (Å²) >= 11 is 0. The van der Waals surface area contributed by atoms with Crippen molar-refractivity contribution in [1.29, 1.82) is 0 Å². The Morgan fingerprint density at radius 1 is 0.352 bits per heavy atom. The topological polar surface area (TPSA) is 108 Å². The van der Waals surface area contributed by atoms with E-state index in [1.165, 1.54) is 12.8 Å². The third kappa shape index (κ3) is 69.7. The van der Waals surface area contributed by atoms with Crippen molar-refractivity contribution in [3.05, 3.63) is 207 Å². The highest BCUT2D eigenvalue weighted by molar-refractivity contribution is 7.47. The monoisotopic (exact) mass is 1230 g/mol. The van der Waals surface area contributed by atoms with E-state index in [1.54, 1.807) is 0 Å². The molecule has 88 heavy (non-hydrogen) atoms. The Bertz CT molecular complexity index is 2240. The van der Waals surface area contributed by atoms with Crippen LogP contribution >= 0.6 is 7.82 Å². The average molecular weight is 1230 g/mol. The molecule has 0 amide bonds. The molecule has 0 aromatic rings. The highest BCUT2D eigenvalue weighted by Crippen LogP contribution is 2.43. The summed E-state index contributed by atoms with van der Waals surface area (Å²) in [6.07, 6.45) is 105. The zero-order valence-electron chi connectivity index (χ0n) is 55.9. The molecule has 0 saturated heterocycles. The molecular formula is C78H123NO8P+. The number of ether oxygens (including phenoxy) is 2. The van der Waals surface area contributed by atoms with Gasteiger partial charge in [0, 0.05) is 12.8 Å². The first-order chi connectivity index (χ1) is 43.0. The maximum absolute atomic E-state index is 12.9. The van der Waals surface area contributed by atoms with Gasteiger partial charge in [-0.15, -0.1) is 0 Å². The van der Waals surface area contributed by atoms with Crippen molar-refractivity contribution in [2.24, 2.45) is 0 Å². The summed E-state index contributed by atoms with van der Waals surface area (Å²) in [7, 11) is 1.42. The van der Waals surface area contributed by atoms with Gasteiger partial charge >= 0.3 is 19.8 Å². The molecule has 9 nitrogen and oxygen atoms in total. The molecule has 0 heterocycles. The number of carbonyl (C=O) groups is 2. The molecule has 0 aromatic carbocycles. The van der Waals surface area contributed by atoms with E-state index >= 15 is 0 Å². The Balaban J connectivity index is 4.21. The minimum absolute atomic E-state index is 0.0128. The molecule has 1 N–H and O–H groups in total. The van der Waals surface area contributed by atoms with E-state index < -0.39 is 32.5 Å². The van der Waals surface area contributed by atoms with Gasteiger partial charge < -0.3 is 18.9 Å². The number of phosphoric ester groups is 1. The summed E-state index contributed by atoms with van der Waals surface area (Å²) < 4.78 is 34.6. The van der Waals surface area contributed by atoms with Crippen molar-refractivity contribution in [3.63, 3.8) is 0 Å². The highest BCUT2D eigenvalue weighted by atomic mass is 31.2. The third-order valence-corrected chi connectivity index (χ3v) is 14.3. The van der Waals surface area contributed by atoms with Gasteiger partial charge in [-0.3, -0.25) is 18.6 Å². The molecule has 2 atom stereocenters. The third-order valence-electron chi connectivity index (χ3n) is 13.3. The van der Waals surface area contributed by atoms with E-state index in [9.17, 15) is 19.0 Å². The summed E-state index contributed by atoms with van der Waals surface area (Å²) in [5, 5.41) is 0. The summed E-state index contributed by atoms with van der Waals surface area (Å²) in [5.74, 6) is -0.857. The minimum atomic E-state index is -4.42. The van der Waals surface area contributed by atoms with Crippen LogP contribution in [0.5, 0.6) is 0 Å². The SMILES string of the molecule is CC/C=C\C/C=C\C/C=C\C/C=C\C/C=C\C/C=C\C/C=C\C/C=C\C/C=C\C/C=C\C/C=C\CCCCCCCCCC(=O)OC(COC(=O)CCCCCC/C=C\C/C=C\C/C=C\C/C=C\C/C=C\C/C=C\CC)COP(=O)(O)OCC[N+](C)(C)C. The van der Waals surface area contributed by atoms with Crippen LogP contribution in [-0.4, -0.2) is 74.9 Å². The summed E-state index contributed by atoms with van der Waals surface area (Å²) in [4.78, 5) is 35.8. The molecule has 0 aliphatic carbocycles. The minimum Gasteiger partial charge on any atom is -0.462 e. The zero-order chi connectivity index (χ0) is 64.1. The predicted octanol–water partition coefficient (Wildman–Crippen LogP) is 22.3. The fourth-order valence-corrected chi connectivity index (χ4v) is 8.94. The molecule has 0 fully saturated rings. The van der Waals surface area contributed by atoms with E-state index in [1.807, 2.05) is 21.1 Å². The molecule has 0 radical (unpaired) electrons. The van der Waals surface area contributed by atoms with Crippen LogP contribution in [0.15, 0.2) is 207 Å². The number of allylic oxidation sites excluding steroid dienone is 34. The Hall–Kier alpha value is -5.41. The van der Waals surface area contributed by atoms with Crippen LogP contribution in [0.25, 0.3) is 0 Å². The van der Waals surface area contributed by atoms with Crippen LogP contribution in [0.1, 0.15) is 219 Å². The quantitative estimate of drug-likeness (QED) is 0.0211. The van der Waals surface area contributed by atoms with E-state index in [0.717, 1.165) is 167 Å². The van der Waals surface area contributed by atoms with Crippen LogP contribution in [0.4, 0.5) is 0 Å². The van der Waals surface area contributed by atoms with Crippen molar-refractivity contribution in [1.82, 2.24) is 0 Å². The standard InChI is InChI=1S/C78H122NO8P/c1-6-8-10-12-14-16-18-20-22-24-26-28-30-31-32-33-34-35-36-37-38-39-40-41-42-43-44-45-46-47-49-51-53-55-57-59-61-63-65-67-69-71-78(81)87-76(75-86-88(82,83)85-73-72-79(3,4)5)74-84-77(80)70-68-66-64-62-60-58-56-54-52-50-48-29-27-25-23-21-19-17-15-13-11-9-7-2/h8-11,14-17,20-23,26-29,31-32,34-35,37-38,40-41,43-44,46-47,50-53,56,58,76H,6-7,12-13,18-19,24-25,30,33,36,39,42,45,48-49,54-55,57,59-75H2,1-5H3/p+1/b10-8-,11-9-,16-14-,17-15-,22-20-,23-21-,28-26-,29-27-,32-31-,35-34-,38-37-,41-40-,44-43-,47-46-,52-50-,53-51-,58-56-. The van der Waals surface area contributed by atoms with Crippen LogP contribution in [-0.2, 0) is 32.7 Å². The van der Waals surface area contributed by atoms with Crippen LogP contribution in [0.3, 0.4) is 0 Å². The summed E-state index contributed by atoms with van der Waals surface area (Å²) in [6, 6.07) is 0. The fraction of sp³-hybridized carbons (Fsp3) is 0.538. The van der Waals surface area contributed by atoms with Gasteiger partial charge in [-0.1, -0.05) is 265 Å². The molecular weight excluding hydrogens is 1110 g/mol. The lowest BCUT2D eigenvalue weighted by Gasteiger charge is -2.24. The van der Waals surface area contributed by atoms with Crippen molar-refractivity contribution in [3.8, 4) is 0 Å². The van der Waals surface area contributed by atoms with Gasteiger partial charge in [-0.25, -0.2) is 4.57 Å². The van der Waals surface area contributed by atoms with Crippen molar-refractivity contribution < 1.29 is 42.1 Å². The van der Waals surface area contributed by atoms with Crippen molar-refractivity contribution >= 4 is 19.8 Å². The van der Waals surface area contributed by atoms with Crippen LogP contribution < -0.4 is 0 Å². The predicted molar refractivity (Wildman–Crippen MR) is 380 cm³/mol. The second kappa shape index (κ2) is 66.0. The molecule has 0 aliphatic heterocycles. The van der Waals surface area contributed by atoms with Crippen molar-refractivity contribution in [2.75, 3.05) is 47.5 Å². The number of carbonyl (C=O) groups excluding carboxylic acids is 2. The van der Waals surface area contributed by atoms with Gasteiger partial charge in [0.25, 0.3) is 0 Å². The normalized spacial score (nSPS) is 14.5. The number of hydrogen-bond acceptors (Lipinski definition) is 7. The number of hydrogen-bond donors (Lipinski definition) is 1. The molecule has 0 rings (SSSR count). The zero-order valence-corrected chi connectivity index (χ0v) is 56.8. The summed E-state index contributed by atoms with van der Waals surface area (Å²) in [6.45, 7) is 4.13. The van der Waals surface area contributed by atoms with Gasteiger partial charge in [0.05, 0.1) is 27.7 Å². The van der Waals surface area contributed by atoms with Crippen LogP contribution in [0.2, 0.25) is 0 Å². The first-order valence-electron chi connectivity index (χ1n) is 33.8. The van der Waals surface area contributed by atoms with Gasteiger partial charge in [0.15, 0.2) is 6.10 Å². The van der Waals surface area contributed by atoms with E-state index in [4.69, 9.17) is 18.5 Å². The molecule has 0 spiro atoms. The molecule has 0 aliphatic rings. The first-order valence-corrected chi connectivity index (χ1v) is 35.3. The Morgan fingerprint density at radius 3 is 0.909 bits per heavy atom. The smallest absolute Gasteiger partial charge is 0.462 e. The van der Waals surface area contributed by atoms with Gasteiger partial charge in [0.1, 0.15) is 19.8 Å². The summed E-state index contributed by atoms with van der Waals surface area (Å²) in [5.41, 5.74) is 0. The lowest BCUT2D eigenvalue weighted by atomic mass is 10.1. The van der Waals surface area contributed by atoms with Crippen LogP contribution in [0, 0.1) is 0 Å². The lowest BCUT2D eigenvalue weighted by Crippen LogP contribution is -2.37. The fourth-order valence-electron chi connectivity index (χ4n) is 8.20. The second-order valence-corrected chi connectivity index (χ2v) is 24.2. The number of unbranched alkanes of at least 4 members (excludes halogenated alkanes) is 11. The first kappa shape index (κ1) is 82.6. The molecule has 492 valence electrons. The lowest BCUT2D eigenvalue weighted by molar-refractivity contribution is -0.870. The number of rotatable bonds is 59. The maximum Gasteiger partial charge on any atom is 0.472 e. The number of esters is 2. The van der Waals surface area contributed by atoms with Crippen molar-refractivity contribution in [2.45, 2.75) is 225 Å². The van der Waals surface area contributed by atoms with E-state index in [0.29, 0.717) is 23.9 Å². The second-order valence-electron chi connectivity index (χ2n) is 22.7. The molecule has 0 aromatic heterocycles. The Kier molecular flexibility index (Phi) is 62.0. The van der Waals surface area contributed by atoms with Gasteiger partial charge in [-0.05, 0) is 148 Å². The number of likely N-dealkylation sites (N-methyl/N-ethyl adjacent to an activating group) is 1. The average Bonchev–Trinajstić information content (AvgIpc) is 3.58. The van der Waals surface area contributed by atoms with Gasteiger partial charge in [0.2, 0.25) is 0 Å². The number of nitrogens with zero attached hydrogens (tertiary/aromatic N) is 1.